The van der Waals surface area contributed by atoms with Gasteiger partial charge in [0, 0.05) is 7.11 Å². The second kappa shape index (κ2) is 9.49. The molecule has 0 aromatic heterocycles. The number of nitriles is 1. The zero-order valence-electron chi connectivity index (χ0n) is 13.8. The van der Waals surface area contributed by atoms with E-state index in [9.17, 15) is 4.79 Å². The zero-order valence-corrected chi connectivity index (χ0v) is 13.8. The Kier molecular flexibility index (Phi) is 7.64. The summed E-state index contributed by atoms with van der Waals surface area (Å²) < 4.78 is 20.6. The molecule has 0 amide bonds. The van der Waals surface area contributed by atoms with E-state index in [1.165, 1.54) is 20.3 Å². The maximum atomic E-state index is 11.8. The Morgan fingerprint density at radius 1 is 1.26 bits per heavy atom. The molecule has 0 fully saturated rings. The molecule has 23 heavy (non-hydrogen) atoms. The molecular weight excluding hydrogens is 298 g/mol. The highest BCUT2D eigenvalue weighted by Crippen LogP contribution is 2.29. The van der Waals surface area contributed by atoms with Crippen molar-refractivity contribution >= 4 is 12.0 Å². The highest BCUT2D eigenvalue weighted by Gasteiger charge is 2.12. The Morgan fingerprint density at radius 2 is 2.00 bits per heavy atom. The van der Waals surface area contributed by atoms with Crippen molar-refractivity contribution in [2.75, 3.05) is 27.4 Å². The van der Waals surface area contributed by atoms with Crippen LogP contribution >= 0.6 is 0 Å². The van der Waals surface area contributed by atoms with Crippen molar-refractivity contribution in [1.29, 1.82) is 5.26 Å². The van der Waals surface area contributed by atoms with E-state index < -0.39 is 5.97 Å². The lowest BCUT2D eigenvalue weighted by molar-refractivity contribution is -0.139. The lowest BCUT2D eigenvalue weighted by Gasteiger charge is -2.13. The quantitative estimate of drug-likeness (QED) is 0.317. The molecule has 0 aliphatic carbocycles. The van der Waals surface area contributed by atoms with E-state index in [0.29, 0.717) is 17.1 Å². The van der Waals surface area contributed by atoms with Crippen LogP contribution in [0.2, 0.25) is 0 Å². The second-order valence-electron chi connectivity index (χ2n) is 4.88. The third kappa shape index (κ3) is 6.01. The number of benzene rings is 1. The number of carbonyl (C=O) groups is 1. The first-order valence-corrected chi connectivity index (χ1v) is 7.14. The third-order valence-corrected chi connectivity index (χ3v) is 2.72. The average Bonchev–Trinajstić information content (AvgIpc) is 2.53. The van der Waals surface area contributed by atoms with Gasteiger partial charge in [-0.2, -0.15) is 5.26 Å². The number of carbonyl (C=O) groups excluding carboxylic acids is 1. The summed E-state index contributed by atoms with van der Waals surface area (Å²) in [5.74, 6) is 0.435. The van der Waals surface area contributed by atoms with Crippen molar-refractivity contribution in [2.24, 2.45) is 0 Å². The highest BCUT2D eigenvalue weighted by atomic mass is 16.6. The maximum Gasteiger partial charge on any atom is 0.348 e. The van der Waals surface area contributed by atoms with Gasteiger partial charge in [-0.05, 0) is 37.6 Å². The van der Waals surface area contributed by atoms with Crippen LogP contribution in [0.3, 0.4) is 0 Å². The van der Waals surface area contributed by atoms with Crippen LogP contribution in [-0.2, 0) is 14.3 Å². The number of hydrogen-bond donors (Lipinski definition) is 0. The summed E-state index contributed by atoms with van der Waals surface area (Å²) in [4.78, 5) is 11.8. The molecule has 0 radical (unpaired) electrons. The molecule has 0 spiro atoms. The molecule has 0 unspecified atom stereocenters. The van der Waals surface area contributed by atoms with Crippen LogP contribution in [0, 0.1) is 11.3 Å². The fraction of sp³-hybridized carbons (Fsp3) is 0.412. The minimum Gasteiger partial charge on any atom is -0.493 e. The van der Waals surface area contributed by atoms with E-state index in [0.717, 1.165) is 0 Å². The van der Waals surface area contributed by atoms with Crippen molar-refractivity contribution in [3.63, 3.8) is 0 Å². The molecule has 0 heterocycles. The Bertz CT molecular complexity index is 601. The van der Waals surface area contributed by atoms with E-state index in [1.54, 1.807) is 18.2 Å². The van der Waals surface area contributed by atoms with Gasteiger partial charge in [0.2, 0.25) is 0 Å². The summed E-state index contributed by atoms with van der Waals surface area (Å²) in [5.41, 5.74) is 0.541. The Hall–Kier alpha value is -2.52. The first-order valence-electron chi connectivity index (χ1n) is 7.14. The Morgan fingerprint density at radius 3 is 2.57 bits per heavy atom. The SMILES string of the molecule is COCCOC(=O)C(C#N)=Cc1ccc(OC(C)C)c(OC)c1. The van der Waals surface area contributed by atoms with Gasteiger partial charge in [0.25, 0.3) is 0 Å². The minimum absolute atomic E-state index is 0.00993. The zero-order chi connectivity index (χ0) is 17.2. The van der Waals surface area contributed by atoms with Gasteiger partial charge in [-0.15, -0.1) is 0 Å². The number of hydrogen-bond acceptors (Lipinski definition) is 6. The first-order chi connectivity index (χ1) is 11.0. The van der Waals surface area contributed by atoms with Gasteiger partial charge in [0.1, 0.15) is 18.2 Å². The van der Waals surface area contributed by atoms with Crippen LogP contribution in [0.25, 0.3) is 6.08 Å². The summed E-state index contributed by atoms with van der Waals surface area (Å²) in [6, 6.07) is 7.00. The van der Waals surface area contributed by atoms with Crippen LogP contribution in [-0.4, -0.2) is 39.5 Å². The molecule has 0 aliphatic heterocycles. The van der Waals surface area contributed by atoms with Crippen LogP contribution in [0.5, 0.6) is 11.5 Å². The maximum absolute atomic E-state index is 11.8. The minimum atomic E-state index is -0.689. The largest absolute Gasteiger partial charge is 0.493 e. The molecule has 124 valence electrons. The molecule has 0 bridgehead atoms. The van der Waals surface area contributed by atoms with E-state index in [4.69, 9.17) is 24.2 Å². The topological polar surface area (TPSA) is 77.8 Å². The predicted octanol–water partition coefficient (Wildman–Crippen LogP) is 2.58. The molecular formula is C17H21NO5. The lowest BCUT2D eigenvalue weighted by Crippen LogP contribution is -2.11. The fourth-order valence-corrected chi connectivity index (χ4v) is 1.72. The Balaban J connectivity index is 2.96. The summed E-state index contributed by atoms with van der Waals surface area (Å²) in [6.07, 6.45) is 1.45. The summed E-state index contributed by atoms with van der Waals surface area (Å²) in [6.45, 7) is 4.20. The Labute approximate surface area is 136 Å². The number of ether oxygens (including phenoxy) is 4. The summed E-state index contributed by atoms with van der Waals surface area (Å²) in [5, 5.41) is 9.11. The van der Waals surface area contributed by atoms with Crippen LogP contribution < -0.4 is 9.47 Å². The molecule has 1 rings (SSSR count). The van der Waals surface area contributed by atoms with Crippen LogP contribution in [0.15, 0.2) is 23.8 Å². The summed E-state index contributed by atoms with van der Waals surface area (Å²) >= 11 is 0. The van der Waals surface area contributed by atoms with Crippen LogP contribution in [0.1, 0.15) is 19.4 Å². The van der Waals surface area contributed by atoms with Crippen LogP contribution in [0.4, 0.5) is 0 Å². The van der Waals surface area contributed by atoms with Crippen molar-refractivity contribution < 1.29 is 23.7 Å². The number of methoxy groups -OCH3 is 2. The van der Waals surface area contributed by atoms with Crippen molar-refractivity contribution in [2.45, 2.75) is 20.0 Å². The first kappa shape index (κ1) is 18.5. The molecule has 0 atom stereocenters. The van der Waals surface area contributed by atoms with Gasteiger partial charge < -0.3 is 18.9 Å². The monoisotopic (exact) mass is 319 g/mol. The van der Waals surface area contributed by atoms with Gasteiger partial charge in [0.05, 0.1) is 19.8 Å². The molecule has 1 aromatic rings. The van der Waals surface area contributed by atoms with Crippen molar-refractivity contribution in [1.82, 2.24) is 0 Å². The van der Waals surface area contributed by atoms with E-state index in [1.807, 2.05) is 19.9 Å². The average molecular weight is 319 g/mol. The van der Waals surface area contributed by atoms with E-state index in [2.05, 4.69) is 0 Å². The molecule has 6 nitrogen and oxygen atoms in total. The van der Waals surface area contributed by atoms with Gasteiger partial charge in [-0.3, -0.25) is 0 Å². The van der Waals surface area contributed by atoms with Gasteiger partial charge in [-0.25, -0.2) is 4.79 Å². The third-order valence-electron chi connectivity index (χ3n) is 2.72. The lowest BCUT2D eigenvalue weighted by atomic mass is 10.1. The smallest absolute Gasteiger partial charge is 0.348 e. The van der Waals surface area contributed by atoms with Gasteiger partial charge in [0.15, 0.2) is 11.5 Å². The standard InChI is InChI=1S/C17H21NO5/c1-12(2)23-15-6-5-13(10-16(15)21-4)9-14(11-18)17(19)22-8-7-20-3/h5-6,9-10,12H,7-8H2,1-4H3. The molecule has 0 saturated heterocycles. The second-order valence-corrected chi connectivity index (χ2v) is 4.88. The number of nitrogens with zero attached hydrogens (tertiary/aromatic N) is 1. The molecule has 0 saturated carbocycles. The predicted molar refractivity (Wildman–Crippen MR) is 85.2 cm³/mol. The highest BCUT2D eigenvalue weighted by molar-refractivity contribution is 5.97. The van der Waals surface area contributed by atoms with Gasteiger partial charge >= 0.3 is 5.97 Å². The normalized spacial score (nSPS) is 11.0. The van der Waals surface area contributed by atoms with E-state index in [-0.39, 0.29) is 24.9 Å². The van der Waals surface area contributed by atoms with Gasteiger partial charge in [-0.1, -0.05) is 6.07 Å². The fourth-order valence-electron chi connectivity index (χ4n) is 1.72. The van der Waals surface area contributed by atoms with Crippen molar-refractivity contribution in [3.05, 3.63) is 29.3 Å². The molecule has 1 aromatic carbocycles. The molecule has 6 heteroatoms. The summed E-state index contributed by atoms with van der Waals surface area (Å²) in [7, 11) is 3.03. The number of esters is 1. The van der Waals surface area contributed by atoms with Crippen molar-refractivity contribution in [3.8, 4) is 17.6 Å². The molecule has 0 aliphatic rings. The van der Waals surface area contributed by atoms with E-state index >= 15 is 0 Å². The molecule has 0 N–H and O–H groups in total. The number of rotatable bonds is 8.